The summed E-state index contributed by atoms with van der Waals surface area (Å²) in [6.07, 6.45) is 1.91. The van der Waals surface area contributed by atoms with Crippen molar-refractivity contribution in [3.8, 4) is 5.75 Å². The summed E-state index contributed by atoms with van der Waals surface area (Å²) in [4.78, 5) is 0. The maximum absolute atomic E-state index is 5.45. The van der Waals surface area contributed by atoms with Crippen molar-refractivity contribution in [2.24, 2.45) is 7.05 Å². The Hall–Kier alpha value is -1.97. The van der Waals surface area contributed by atoms with Gasteiger partial charge in [0.05, 0.1) is 19.0 Å². The van der Waals surface area contributed by atoms with Crippen molar-refractivity contribution in [2.45, 2.75) is 39.7 Å². The lowest BCUT2D eigenvalue weighted by Gasteiger charge is -2.21. The summed E-state index contributed by atoms with van der Waals surface area (Å²) in [7, 11) is 3.66. The second-order valence-electron chi connectivity index (χ2n) is 6.40. The van der Waals surface area contributed by atoms with Gasteiger partial charge in [0.25, 0.3) is 0 Å². The molecular formula is C17H25N3O. The highest BCUT2D eigenvalue weighted by Gasteiger charge is 2.16. The second-order valence-corrected chi connectivity index (χ2v) is 6.40. The third-order valence-corrected chi connectivity index (χ3v) is 3.87. The van der Waals surface area contributed by atoms with Crippen LogP contribution in [0, 0.1) is 6.92 Å². The van der Waals surface area contributed by atoms with Gasteiger partial charge in [-0.05, 0) is 30.0 Å². The summed E-state index contributed by atoms with van der Waals surface area (Å²) in [6.45, 7) is 9.45. The highest BCUT2D eigenvalue weighted by Crippen LogP contribution is 2.31. The SMILES string of the molecule is COc1ccc(C(C)(C)C)cc1NCc1cnn(C)c1C. The zero-order chi connectivity index (χ0) is 15.6. The van der Waals surface area contributed by atoms with E-state index in [1.165, 1.54) is 16.8 Å². The number of hydrogen-bond acceptors (Lipinski definition) is 3. The quantitative estimate of drug-likeness (QED) is 0.933. The zero-order valence-electron chi connectivity index (χ0n) is 13.8. The highest BCUT2D eigenvalue weighted by molar-refractivity contribution is 5.59. The van der Waals surface area contributed by atoms with Crippen LogP contribution in [0.15, 0.2) is 24.4 Å². The Bertz CT molecular complexity index is 623. The molecular weight excluding hydrogens is 262 g/mol. The Kier molecular flexibility index (Phi) is 4.26. The fraction of sp³-hybridized carbons (Fsp3) is 0.471. The molecule has 0 atom stereocenters. The van der Waals surface area contributed by atoms with Crippen molar-refractivity contribution < 1.29 is 4.74 Å². The van der Waals surface area contributed by atoms with E-state index in [0.29, 0.717) is 0 Å². The largest absolute Gasteiger partial charge is 0.495 e. The Morgan fingerprint density at radius 1 is 1.29 bits per heavy atom. The van der Waals surface area contributed by atoms with Gasteiger partial charge in [0, 0.05) is 24.8 Å². The van der Waals surface area contributed by atoms with Crippen LogP contribution in [-0.2, 0) is 19.0 Å². The van der Waals surface area contributed by atoms with E-state index in [1.807, 2.05) is 24.0 Å². The smallest absolute Gasteiger partial charge is 0.141 e. The molecule has 21 heavy (non-hydrogen) atoms. The Labute approximate surface area is 127 Å². The van der Waals surface area contributed by atoms with Crippen molar-refractivity contribution in [3.05, 3.63) is 41.2 Å². The van der Waals surface area contributed by atoms with Crippen LogP contribution < -0.4 is 10.1 Å². The van der Waals surface area contributed by atoms with Crippen LogP contribution in [0.1, 0.15) is 37.6 Å². The number of nitrogens with zero attached hydrogens (tertiary/aromatic N) is 2. The fourth-order valence-electron chi connectivity index (χ4n) is 2.22. The number of hydrogen-bond donors (Lipinski definition) is 1. The van der Waals surface area contributed by atoms with Gasteiger partial charge in [0.1, 0.15) is 5.75 Å². The predicted molar refractivity (Wildman–Crippen MR) is 87.0 cm³/mol. The lowest BCUT2D eigenvalue weighted by Crippen LogP contribution is -2.12. The van der Waals surface area contributed by atoms with E-state index >= 15 is 0 Å². The summed E-state index contributed by atoms with van der Waals surface area (Å²) in [6, 6.07) is 6.32. The van der Waals surface area contributed by atoms with E-state index < -0.39 is 0 Å². The van der Waals surface area contributed by atoms with Gasteiger partial charge >= 0.3 is 0 Å². The molecule has 1 aromatic carbocycles. The molecule has 1 aromatic heterocycles. The summed E-state index contributed by atoms with van der Waals surface area (Å²) < 4.78 is 7.34. The molecule has 0 aliphatic rings. The highest BCUT2D eigenvalue weighted by atomic mass is 16.5. The van der Waals surface area contributed by atoms with Gasteiger partial charge in [-0.1, -0.05) is 26.8 Å². The van der Waals surface area contributed by atoms with E-state index in [1.54, 1.807) is 7.11 Å². The molecule has 0 saturated carbocycles. The van der Waals surface area contributed by atoms with Crippen molar-refractivity contribution in [3.63, 3.8) is 0 Å². The van der Waals surface area contributed by atoms with E-state index in [2.05, 4.69) is 50.2 Å². The van der Waals surface area contributed by atoms with Gasteiger partial charge in [-0.2, -0.15) is 5.10 Å². The van der Waals surface area contributed by atoms with E-state index in [-0.39, 0.29) is 5.41 Å². The van der Waals surface area contributed by atoms with Crippen LogP contribution in [0.4, 0.5) is 5.69 Å². The monoisotopic (exact) mass is 287 g/mol. The van der Waals surface area contributed by atoms with Crippen molar-refractivity contribution in [1.29, 1.82) is 0 Å². The number of benzene rings is 1. The molecule has 1 N–H and O–H groups in total. The molecule has 0 saturated heterocycles. The number of ether oxygens (including phenoxy) is 1. The molecule has 4 nitrogen and oxygen atoms in total. The summed E-state index contributed by atoms with van der Waals surface area (Å²) in [5, 5.41) is 7.74. The van der Waals surface area contributed by atoms with Gasteiger partial charge in [-0.15, -0.1) is 0 Å². The standard InChI is InChI=1S/C17H25N3O/c1-12-13(11-19-20(12)5)10-18-15-9-14(17(2,3)4)7-8-16(15)21-6/h7-9,11,18H,10H2,1-6H3. The summed E-state index contributed by atoms with van der Waals surface area (Å²) in [5.74, 6) is 0.865. The average molecular weight is 287 g/mol. The first-order valence-electron chi connectivity index (χ1n) is 7.23. The molecule has 2 rings (SSSR count). The van der Waals surface area contributed by atoms with E-state index in [9.17, 15) is 0 Å². The first-order valence-corrected chi connectivity index (χ1v) is 7.23. The third-order valence-electron chi connectivity index (χ3n) is 3.87. The van der Waals surface area contributed by atoms with Gasteiger partial charge in [-0.3, -0.25) is 4.68 Å². The number of rotatable bonds is 4. The predicted octanol–water partition coefficient (Wildman–Crippen LogP) is 3.65. The Morgan fingerprint density at radius 3 is 2.52 bits per heavy atom. The first-order chi connectivity index (χ1) is 9.82. The van der Waals surface area contributed by atoms with Crippen LogP contribution in [0.5, 0.6) is 5.75 Å². The molecule has 0 radical (unpaired) electrons. The van der Waals surface area contributed by atoms with Gasteiger partial charge in [0.15, 0.2) is 0 Å². The minimum absolute atomic E-state index is 0.118. The Morgan fingerprint density at radius 2 is 2.00 bits per heavy atom. The third kappa shape index (κ3) is 3.38. The average Bonchev–Trinajstić information content (AvgIpc) is 2.75. The zero-order valence-corrected chi connectivity index (χ0v) is 13.8. The number of anilines is 1. The van der Waals surface area contributed by atoms with Crippen LogP contribution in [0.3, 0.4) is 0 Å². The van der Waals surface area contributed by atoms with Crippen LogP contribution in [-0.4, -0.2) is 16.9 Å². The van der Waals surface area contributed by atoms with Gasteiger partial charge in [0.2, 0.25) is 0 Å². The maximum atomic E-state index is 5.45. The van der Waals surface area contributed by atoms with Crippen molar-refractivity contribution in [1.82, 2.24) is 9.78 Å². The van der Waals surface area contributed by atoms with Crippen molar-refractivity contribution in [2.75, 3.05) is 12.4 Å². The Balaban J connectivity index is 2.23. The minimum atomic E-state index is 0.118. The molecule has 0 unspecified atom stereocenters. The summed E-state index contributed by atoms with van der Waals surface area (Å²) in [5.41, 5.74) is 4.79. The first kappa shape index (κ1) is 15.4. The molecule has 0 bridgehead atoms. The molecule has 0 fully saturated rings. The van der Waals surface area contributed by atoms with Crippen LogP contribution >= 0.6 is 0 Å². The topological polar surface area (TPSA) is 39.1 Å². The molecule has 0 amide bonds. The van der Waals surface area contributed by atoms with E-state index in [0.717, 1.165) is 18.0 Å². The number of aryl methyl sites for hydroxylation is 1. The molecule has 1 heterocycles. The molecule has 0 aliphatic carbocycles. The maximum Gasteiger partial charge on any atom is 0.141 e. The van der Waals surface area contributed by atoms with Crippen LogP contribution in [0.25, 0.3) is 0 Å². The number of methoxy groups -OCH3 is 1. The summed E-state index contributed by atoms with van der Waals surface area (Å²) >= 11 is 0. The molecule has 4 heteroatoms. The second kappa shape index (κ2) is 5.80. The van der Waals surface area contributed by atoms with Crippen LogP contribution in [0.2, 0.25) is 0 Å². The van der Waals surface area contributed by atoms with E-state index in [4.69, 9.17) is 4.74 Å². The van der Waals surface area contributed by atoms with Gasteiger partial charge < -0.3 is 10.1 Å². The van der Waals surface area contributed by atoms with Gasteiger partial charge in [-0.25, -0.2) is 0 Å². The number of nitrogens with one attached hydrogen (secondary N) is 1. The molecule has 0 spiro atoms. The lowest BCUT2D eigenvalue weighted by molar-refractivity contribution is 0.416. The fourth-order valence-corrected chi connectivity index (χ4v) is 2.22. The normalized spacial score (nSPS) is 11.5. The number of aromatic nitrogens is 2. The van der Waals surface area contributed by atoms with Crippen molar-refractivity contribution >= 4 is 5.69 Å². The molecule has 114 valence electrons. The molecule has 0 aliphatic heterocycles. The lowest BCUT2D eigenvalue weighted by atomic mass is 9.87. The molecule has 2 aromatic rings. The minimum Gasteiger partial charge on any atom is -0.495 e.